The molecule has 0 aliphatic carbocycles. The Labute approximate surface area is 209 Å². The van der Waals surface area contributed by atoms with Crippen LogP contribution >= 0.6 is 0 Å². The minimum absolute atomic E-state index is 0.0813. The van der Waals surface area contributed by atoms with Gasteiger partial charge in [0, 0.05) is 17.9 Å². The van der Waals surface area contributed by atoms with E-state index in [0.29, 0.717) is 29.9 Å². The molecule has 1 aliphatic rings. The van der Waals surface area contributed by atoms with Gasteiger partial charge < -0.3 is 14.2 Å². The molecule has 3 nitrogen and oxygen atoms in total. The molecule has 1 heterocycles. The van der Waals surface area contributed by atoms with E-state index in [1.165, 1.54) is 24.3 Å². The van der Waals surface area contributed by atoms with Crippen LogP contribution in [0.1, 0.15) is 31.2 Å². The van der Waals surface area contributed by atoms with Gasteiger partial charge >= 0.3 is 0 Å². The zero-order valence-electron chi connectivity index (χ0n) is 20.2. The molecule has 3 aromatic carbocycles. The number of allylic oxidation sites excluding steroid dienone is 2. The first-order valence-electron chi connectivity index (χ1n) is 12.0. The van der Waals surface area contributed by atoms with Gasteiger partial charge in [0.25, 0.3) is 0 Å². The summed E-state index contributed by atoms with van der Waals surface area (Å²) in [6.45, 7) is 6.37. The number of hydrogen-bond donors (Lipinski definition) is 0. The summed E-state index contributed by atoms with van der Waals surface area (Å²) in [5.41, 5.74) is 2.62. The minimum Gasteiger partial charge on any atom is -0.486 e. The molecule has 0 unspecified atom stereocenters. The maximum Gasteiger partial charge on any atom is 0.201 e. The third-order valence-corrected chi connectivity index (χ3v) is 6.14. The third-order valence-electron chi connectivity index (χ3n) is 6.14. The van der Waals surface area contributed by atoms with Crippen molar-refractivity contribution in [3.63, 3.8) is 0 Å². The number of halogens is 3. The Hall–Kier alpha value is -3.35. The lowest BCUT2D eigenvalue weighted by Crippen LogP contribution is -2.31. The highest BCUT2D eigenvalue weighted by atomic mass is 19.2. The number of benzene rings is 3. The third kappa shape index (κ3) is 5.89. The van der Waals surface area contributed by atoms with Crippen LogP contribution in [0.2, 0.25) is 0 Å². The molecule has 6 heteroatoms. The molecule has 3 aromatic rings. The van der Waals surface area contributed by atoms with Gasteiger partial charge in [0.05, 0.1) is 13.2 Å². The van der Waals surface area contributed by atoms with Gasteiger partial charge in [-0.3, -0.25) is 0 Å². The largest absolute Gasteiger partial charge is 0.486 e. The molecule has 0 saturated carbocycles. The predicted molar refractivity (Wildman–Crippen MR) is 135 cm³/mol. The second-order valence-corrected chi connectivity index (χ2v) is 8.59. The zero-order chi connectivity index (χ0) is 25.5. The highest BCUT2D eigenvalue weighted by Gasteiger charge is 2.25. The summed E-state index contributed by atoms with van der Waals surface area (Å²) >= 11 is 0. The van der Waals surface area contributed by atoms with E-state index < -0.39 is 11.6 Å². The first-order valence-corrected chi connectivity index (χ1v) is 12.0. The van der Waals surface area contributed by atoms with E-state index in [2.05, 4.69) is 12.7 Å². The van der Waals surface area contributed by atoms with Crippen molar-refractivity contribution in [1.29, 1.82) is 0 Å². The van der Waals surface area contributed by atoms with Gasteiger partial charge in [-0.2, -0.15) is 4.39 Å². The summed E-state index contributed by atoms with van der Waals surface area (Å²) in [6.07, 6.45) is 6.91. The molecule has 0 N–H and O–H groups in total. The van der Waals surface area contributed by atoms with Crippen LogP contribution in [0.3, 0.4) is 0 Å². The van der Waals surface area contributed by atoms with E-state index in [-0.39, 0.29) is 35.9 Å². The first-order chi connectivity index (χ1) is 17.5. The Balaban J connectivity index is 1.45. The van der Waals surface area contributed by atoms with Gasteiger partial charge in [-0.1, -0.05) is 61.2 Å². The van der Waals surface area contributed by atoms with E-state index in [4.69, 9.17) is 14.2 Å². The molecule has 0 aromatic heterocycles. The summed E-state index contributed by atoms with van der Waals surface area (Å²) in [7, 11) is 0. The molecule has 36 heavy (non-hydrogen) atoms. The van der Waals surface area contributed by atoms with Crippen LogP contribution in [-0.2, 0) is 9.47 Å². The predicted octanol–water partition coefficient (Wildman–Crippen LogP) is 7.82. The standard InChI is InChI=1S/C30H29F3O3/c1-3-5-6-7-28-35-18-23(19-36-28)24-13-12-22(17-26(24)31)20-8-10-21(11-9-20)25-14-15-27(34-16-4-2)30(33)29(25)32/h3-5,8-15,17,23,28H,2,6-7,16,18-19H2,1H3/b5-3+. The van der Waals surface area contributed by atoms with E-state index in [0.717, 1.165) is 18.4 Å². The fraction of sp³-hybridized carbons (Fsp3) is 0.267. The van der Waals surface area contributed by atoms with Crippen LogP contribution in [0.4, 0.5) is 13.2 Å². The van der Waals surface area contributed by atoms with Crippen molar-refractivity contribution >= 4 is 0 Å². The lowest BCUT2D eigenvalue weighted by molar-refractivity contribution is -0.189. The van der Waals surface area contributed by atoms with Crippen LogP contribution in [0.15, 0.2) is 79.4 Å². The van der Waals surface area contributed by atoms with Crippen LogP contribution in [0.25, 0.3) is 22.3 Å². The zero-order valence-corrected chi connectivity index (χ0v) is 20.2. The Bertz CT molecular complexity index is 1210. The fourth-order valence-corrected chi connectivity index (χ4v) is 4.18. The maximum atomic E-state index is 15.0. The van der Waals surface area contributed by atoms with Gasteiger partial charge in [-0.05, 0) is 53.8 Å². The van der Waals surface area contributed by atoms with Crippen molar-refractivity contribution in [3.05, 3.63) is 102 Å². The average molecular weight is 495 g/mol. The van der Waals surface area contributed by atoms with Gasteiger partial charge in [0.15, 0.2) is 17.9 Å². The second kappa shape index (κ2) is 12.1. The van der Waals surface area contributed by atoms with Gasteiger partial charge in [-0.15, -0.1) is 0 Å². The van der Waals surface area contributed by atoms with Crippen molar-refractivity contribution in [2.45, 2.75) is 32.0 Å². The van der Waals surface area contributed by atoms with E-state index in [1.54, 1.807) is 30.3 Å². The molecule has 0 atom stereocenters. The molecule has 0 bridgehead atoms. The molecule has 1 fully saturated rings. The second-order valence-electron chi connectivity index (χ2n) is 8.59. The molecule has 1 aliphatic heterocycles. The van der Waals surface area contributed by atoms with Gasteiger partial charge in [0.1, 0.15) is 12.4 Å². The molecule has 0 spiro atoms. The quantitative estimate of drug-likeness (QED) is 0.284. The normalized spacial score (nSPS) is 17.9. The SMILES string of the molecule is C=CCOc1ccc(-c2ccc(-c3ccc(C4COC(CC/C=C/C)OC4)c(F)c3)cc2)c(F)c1F. The highest BCUT2D eigenvalue weighted by molar-refractivity contribution is 5.71. The molecular weight excluding hydrogens is 465 g/mol. The topological polar surface area (TPSA) is 27.7 Å². The van der Waals surface area contributed by atoms with Crippen molar-refractivity contribution in [2.75, 3.05) is 19.8 Å². The summed E-state index contributed by atoms with van der Waals surface area (Å²) in [4.78, 5) is 0. The van der Waals surface area contributed by atoms with Crippen molar-refractivity contribution in [2.24, 2.45) is 0 Å². The number of rotatable bonds is 9. The lowest BCUT2D eigenvalue weighted by atomic mass is 9.95. The van der Waals surface area contributed by atoms with Crippen LogP contribution in [0.5, 0.6) is 5.75 Å². The van der Waals surface area contributed by atoms with Crippen LogP contribution in [0, 0.1) is 17.5 Å². The molecular formula is C30H29F3O3. The Kier molecular flexibility index (Phi) is 8.62. The van der Waals surface area contributed by atoms with Gasteiger partial charge in [0.2, 0.25) is 5.82 Å². The maximum absolute atomic E-state index is 15.0. The van der Waals surface area contributed by atoms with Crippen molar-refractivity contribution in [3.8, 4) is 28.0 Å². The molecule has 188 valence electrons. The fourth-order valence-electron chi connectivity index (χ4n) is 4.18. The van der Waals surface area contributed by atoms with Crippen molar-refractivity contribution in [1.82, 2.24) is 0 Å². The summed E-state index contributed by atoms with van der Waals surface area (Å²) in [6, 6.07) is 14.8. The highest BCUT2D eigenvalue weighted by Crippen LogP contribution is 2.33. The Morgan fingerprint density at radius 1 is 0.917 bits per heavy atom. The number of ether oxygens (including phenoxy) is 3. The summed E-state index contributed by atoms with van der Waals surface area (Å²) in [5.74, 6) is -2.70. The molecule has 0 amide bonds. The first kappa shape index (κ1) is 25.7. The van der Waals surface area contributed by atoms with Gasteiger partial charge in [-0.25, -0.2) is 8.78 Å². The molecule has 0 radical (unpaired) electrons. The Morgan fingerprint density at radius 3 is 2.28 bits per heavy atom. The van der Waals surface area contributed by atoms with Crippen LogP contribution in [-0.4, -0.2) is 26.1 Å². The molecule has 4 rings (SSSR count). The monoisotopic (exact) mass is 494 g/mol. The number of hydrogen-bond acceptors (Lipinski definition) is 3. The van der Waals surface area contributed by atoms with E-state index >= 15 is 4.39 Å². The summed E-state index contributed by atoms with van der Waals surface area (Å²) < 4.78 is 60.6. The van der Waals surface area contributed by atoms with Crippen molar-refractivity contribution < 1.29 is 27.4 Å². The summed E-state index contributed by atoms with van der Waals surface area (Å²) in [5, 5.41) is 0. The van der Waals surface area contributed by atoms with Crippen LogP contribution < -0.4 is 4.74 Å². The smallest absolute Gasteiger partial charge is 0.201 e. The van der Waals surface area contributed by atoms with E-state index in [1.807, 2.05) is 19.1 Å². The Morgan fingerprint density at radius 2 is 1.61 bits per heavy atom. The lowest BCUT2D eigenvalue weighted by Gasteiger charge is -2.29. The molecule has 1 saturated heterocycles. The minimum atomic E-state index is -1.05. The van der Waals surface area contributed by atoms with E-state index in [9.17, 15) is 8.78 Å². The average Bonchev–Trinajstić information content (AvgIpc) is 2.90.